The van der Waals surface area contributed by atoms with Crippen LogP contribution in [0.5, 0.6) is 5.75 Å². The van der Waals surface area contributed by atoms with Gasteiger partial charge in [0.25, 0.3) is 0 Å². The van der Waals surface area contributed by atoms with Gasteiger partial charge in [0.15, 0.2) is 0 Å². The molecule has 21 heavy (non-hydrogen) atoms. The minimum Gasteiger partial charge on any atom is -0.497 e. The van der Waals surface area contributed by atoms with Gasteiger partial charge in [-0.2, -0.15) is 0 Å². The highest BCUT2D eigenvalue weighted by Gasteiger charge is 2.12. The molecule has 2 aromatic carbocycles. The number of rotatable bonds is 6. The molecule has 1 atom stereocenters. The lowest BCUT2D eigenvalue weighted by Crippen LogP contribution is -2.29. The van der Waals surface area contributed by atoms with Crippen LogP contribution in [0.2, 0.25) is 0 Å². The average molecular weight is 288 g/mol. The minimum absolute atomic E-state index is 0.00713. The first-order valence-corrected chi connectivity index (χ1v) is 6.99. The number of methoxy groups -OCH3 is 1. The molecule has 0 aliphatic heterocycles. The maximum absolute atomic E-state index is 13.2. The normalized spacial score (nSPS) is 12.2. The van der Waals surface area contributed by atoms with Gasteiger partial charge in [0.1, 0.15) is 11.6 Å². The maximum atomic E-state index is 13.2. The number of hydrogen-bond acceptors (Lipinski definition) is 3. The molecule has 0 aliphatic rings. The zero-order valence-corrected chi connectivity index (χ0v) is 12.4. The molecular weight excluding hydrogens is 267 g/mol. The van der Waals surface area contributed by atoms with Crippen LogP contribution in [0.3, 0.4) is 0 Å². The molecule has 0 saturated carbocycles. The van der Waals surface area contributed by atoms with Crippen LogP contribution in [0.1, 0.15) is 29.2 Å². The summed E-state index contributed by atoms with van der Waals surface area (Å²) in [5.74, 6) is 6.29. The Labute approximate surface area is 124 Å². The summed E-state index contributed by atoms with van der Waals surface area (Å²) in [5.41, 5.74) is 5.99. The van der Waals surface area contributed by atoms with E-state index in [0.717, 1.165) is 29.7 Å². The number of nitrogens with one attached hydrogen (secondary N) is 1. The van der Waals surface area contributed by atoms with E-state index < -0.39 is 0 Å². The molecule has 0 amide bonds. The largest absolute Gasteiger partial charge is 0.497 e. The predicted molar refractivity (Wildman–Crippen MR) is 82.5 cm³/mol. The highest BCUT2D eigenvalue weighted by Crippen LogP contribution is 2.23. The highest BCUT2D eigenvalue weighted by atomic mass is 19.1. The van der Waals surface area contributed by atoms with E-state index in [-0.39, 0.29) is 11.9 Å². The van der Waals surface area contributed by atoms with Gasteiger partial charge in [-0.25, -0.2) is 4.39 Å². The van der Waals surface area contributed by atoms with Crippen molar-refractivity contribution in [3.05, 3.63) is 65.0 Å². The smallest absolute Gasteiger partial charge is 0.123 e. The first kappa shape index (κ1) is 15.5. The number of hydrazine groups is 1. The minimum atomic E-state index is -0.220. The van der Waals surface area contributed by atoms with Gasteiger partial charge in [-0.15, -0.1) is 0 Å². The van der Waals surface area contributed by atoms with E-state index in [4.69, 9.17) is 10.6 Å². The summed E-state index contributed by atoms with van der Waals surface area (Å²) < 4.78 is 18.3. The van der Waals surface area contributed by atoms with Crippen LogP contribution in [0.25, 0.3) is 0 Å². The Bertz CT molecular complexity index is 584. The molecule has 112 valence electrons. The number of benzene rings is 2. The van der Waals surface area contributed by atoms with Crippen LogP contribution < -0.4 is 16.0 Å². The Kier molecular flexibility index (Phi) is 5.31. The van der Waals surface area contributed by atoms with Crippen molar-refractivity contribution >= 4 is 0 Å². The van der Waals surface area contributed by atoms with Crippen LogP contribution in [0.15, 0.2) is 42.5 Å². The molecule has 1 unspecified atom stereocenters. The van der Waals surface area contributed by atoms with E-state index >= 15 is 0 Å². The Hall–Kier alpha value is -1.91. The van der Waals surface area contributed by atoms with E-state index in [1.165, 1.54) is 17.7 Å². The van der Waals surface area contributed by atoms with Crippen LogP contribution in [-0.2, 0) is 6.42 Å². The Morgan fingerprint density at radius 2 is 1.90 bits per heavy atom. The molecule has 3 nitrogen and oxygen atoms in total. The van der Waals surface area contributed by atoms with Crippen LogP contribution >= 0.6 is 0 Å². The Morgan fingerprint density at radius 1 is 1.19 bits per heavy atom. The zero-order chi connectivity index (χ0) is 15.2. The molecule has 2 rings (SSSR count). The van der Waals surface area contributed by atoms with E-state index in [1.807, 2.05) is 31.2 Å². The number of ether oxygens (including phenoxy) is 1. The second-order valence-corrected chi connectivity index (χ2v) is 5.11. The third kappa shape index (κ3) is 4.03. The summed E-state index contributed by atoms with van der Waals surface area (Å²) in [7, 11) is 1.65. The molecule has 0 fully saturated rings. The fraction of sp³-hybridized carbons (Fsp3) is 0.294. The Morgan fingerprint density at radius 3 is 2.48 bits per heavy atom. The van der Waals surface area contributed by atoms with Gasteiger partial charge in [0.05, 0.1) is 7.11 Å². The summed E-state index contributed by atoms with van der Waals surface area (Å²) in [5, 5.41) is 0. The topological polar surface area (TPSA) is 47.3 Å². The summed E-state index contributed by atoms with van der Waals surface area (Å²) in [6.07, 6.45) is 1.73. The summed E-state index contributed by atoms with van der Waals surface area (Å²) in [6.45, 7) is 1.90. The van der Waals surface area contributed by atoms with E-state index in [0.29, 0.717) is 0 Å². The van der Waals surface area contributed by atoms with E-state index in [1.54, 1.807) is 13.2 Å². The molecule has 0 radical (unpaired) electrons. The molecular formula is C17H21FN2O. The molecule has 4 heteroatoms. The van der Waals surface area contributed by atoms with Crippen LogP contribution in [0, 0.1) is 12.7 Å². The van der Waals surface area contributed by atoms with E-state index in [9.17, 15) is 4.39 Å². The number of nitrogens with two attached hydrogens (primary N) is 1. The van der Waals surface area contributed by atoms with Gasteiger partial charge in [0, 0.05) is 6.04 Å². The van der Waals surface area contributed by atoms with Crippen molar-refractivity contribution in [1.29, 1.82) is 0 Å². The molecule has 0 aliphatic carbocycles. The number of aryl methyl sites for hydroxylation is 2. The SMILES string of the molecule is COc1ccc(CCC(NN)c2ccc(F)cc2C)cc1. The van der Waals surface area contributed by atoms with Gasteiger partial charge in [-0.05, 0) is 60.7 Å². The lowest BCUT2D eigenvalue weighted by atomic mass is 9.96. The van der Waals surface area contributed by atoms with Crippen LogP contribution in [0.4, 0.5) is 4.39 Å². The molecule has 2 aromatic rings. The fourth-order valence-electron chi connectivity index (χ4n) is 2.46. The molecule has 0 spiro atoms. The summed E-state index contributed by atoms with van der Waals surface area (Å²) in [6, 6.07) is 12.8. The van der Waals surface area contributed by atoms with Crippen molar-refractivity contribution in [3.8, 4) is 5.75 Å². The van der Waals surface area contributed by atoms with Crippen molar-refractivity contribution in [2.75, 3.05) is 7.11 Å². The quantitative estimate of drug-likeness (QED) is 0.633. The molecule has 0 bridgehead atoms. The van der Waals surface area contributed by atoms with Crippen molar-refractivity contribution in [3.63, 3.8) is 0 Å². The lowest BCUT2D eigenvalue weighted by molar-refractivity contribution is 0.414. The number of hydrogen-bond donors (Lipinski definition) is 2. The maximum Gasteiger partial charge on any atom is 0.123 e. The average Bonchev–Trinajstić information content (AvgIpc) is 2.50. The molecule has 0 saturated heterocycles. The van der Waals surface area contributed by atoms with E-state index in [2.05, 4.69) is 5.43 Å². The van der Waals surface area contributed by atoms with Gasteiger partial charge in [-0.3, -0.25) is 11.3 Å². The molecule has 3 N–H and O–H groups in total. The first-order valence-electron chi connectivity index (χ1n) is 6.99. The van der Waals surface area contributed by atoms with Gasteiger partial charge in [-0.1, -0.05) is 18.2 Å². The third-order valence-electron chi connectivity index (χ3n) is 3.69. The van der Waals surface area contributed by atoms with Crippen LogP contribution in [-0.4, -0.2) is 7.11 Å². The highest BCUT2D eigenvalue weighted by molar-refractivity contribution is 5.30. The first-order chi connectivity index (χ1) is 10.1. The summed E-state index contributed by atoms with van der Waals surface area (Å²) >= 11 is 0. The second-order valence-electron chi connectivity index (χ2n) is 5.11. The Balaban J connectivity index is 2.04. The molecule has 0 aromatic heterocycles. The zero-order valence-electron chi connectivity index (χ0n) is 12.4. The second kappa shape index (κ2) is 7.20. The van der Waals surface area contributed by atoms with Crippen molar-refractivity contribution < 1.29 is 9.13 Å². The van der Waals surface area contributed by atoms with Crippen molar-refractivity contribution in [2.45, 2.75) is 25.8 Å². The lowest BCUT2D eigenvalue weighted by Gasteiger charge is -2.18. The summed E-state index contributed by atoms with van der Waals surface area (Å²) in [4.78, 5) is 0. The van der Waals surface area contributed by atoms with Crippen molar-refractivity contribution in [1.82, 2.24) is 5.43 Å². The van der Waals surface area contributed by atoms with Gasteiger partial charge in [0.2, 0.25) is 0 Å². The predicted octanol–water partition coefficient (Wildman–Crippen LogP) is 3.28. The molecule has 0 heterocycles. The third-order valence-corrected chi connectivity index (χ3v) is 3.69. The fourth-order valence-corrected chi connectivity index (χ4v) is 2.46. The van der Waals surface area contributed by atoms with Gasteiger partial charge < -0.3 is 4.74 Å². The standard InChI is InChI=1S/C17H21FN2O/c1-12-11-14(18)6-9-16(12)17(20-19)10-5-13-3-7-15(21-2)8-4-13/h3-4,6-9,11,17,20H,5,10,19H2,1-2H3. The number of halogens is 1. The van der Waals surface area contributed by atoms with Crippen molar-refractivity contribution in [2.24, 2.45) is 5.84 Å². The monoisotopic (exact) mass is 288 g/mol. The van der Waals surface area contributed by atoms with Gasteiger partial charge >= 0.3 is 0 Å².